The van der Waals surface area contributed by atoms with E-state index >= 15 is 0 Å². The number of likely N-dealkylation sites (tertiary alicyclic amines) is 1. The van der Waals surface area contributed by atoms with Gasteiger partial charge in [-0.25, -0.2) is 0 Å². The minimum absolute atomic E-state index is 0.566. The van der Waals surface area contributed by atoms with Crippen LogP contribution in [0.25, 0.3) is 0 Å². The van der Waals surface area contributed by atoms with Gasteiger partial charge in [0, 0.05) is 19.0 Å². The summed E-state index contributed by atoms with van der Waals surface area (Å²) in [7, 11) is 0. The average molecular weight is 291 g/mol. The normalized spacial score (nSPS) is 30.2. The van der Waals surface area contributed by atoms with Gasteiger partial charge in [-0.1, -0.05) is 13.0 Å². The summed E-state index contributed by atoms with van der Waals surface area (Å²) in [4.78, 5) is 12.9. The van der Waals surface area contributed by atoms with Crippen LogP contribution in [0.15, 0.2) is 23.5 Å². The van der Waals surface area contributed by atoms with Gasteiger partial charge < -0.3 is 9.53 Å². The van der Waals surface area contributed by atoms with E-state index < -0.39 is 0 Å². The van der Waals surface area contributed by atoms with Gasteiger partial charge in [-0.15, -0.1) is 0 Å². The van der Waals surface area contributed by atoms with Gasteiger partial charge in [-0.2, -0.15) is 0 Å². The van der Waals surface area contributed by atoms with Crippen LogP contribution in [0, 0.1) is 5.92 Å². The first kappa shape index (κ1) is 16.3. The molecule has 0 aromatic heterocycles. The predicted molar refractivity (Wildman–Crippen MR) is 86.1 cm³/mol. The summed E-state index contributed by atoms with van der Waals surface area (Å²) < 4.78 is 5.70. The first-order valence-corrected chi connectivity index (χ1v) is 8.44. The van der Waals surface area contributed by atoms with Crippen molar-refractivity contribution < 1.29 is 9.53 Å². The predicted octanol–water partition coefficient (Wildman–Crippen LogP) is 3.71. The standard InChI is InChI=1S/C18H29NO2/c1-3-6-17-9-12-21-18(17)8-5-4-7-16-13-15(2)19(14-16)10-11-20/h6,8,11,15-16H,3-5,7,9-10,12-14H2,1-2H3/b17-6-,18-8+/t15-,16?/m0/s1. The number of carbonyl (C=O) groups excluding carboxylic acids is 1. The van der Waals surface area contributed by atoms with E-state index in [-0.39, 0.29) is 0 Å². The summed E-state index contributed by atoms with van der Waals surface area (Å²) >= 11 is 0. The highest BCUT2D eigenvalue weighted by atomic mass is 16.5. The second-order valence-electron chi connectivity index (χ2n) is 6.31. The topological polar surface area (TPSA) is 29.5 Å². The molecule has 3 nitrogen and oxygen atoms in total. The Morgan fingerprint density at radius 3 is 3.00 bits per heavy atom. The van der Waals surface area contributed by atoms with Crippen molar-refractivity contribution in [2.75, 3.05) is 19.7 Å². The fourth-order valence-corrected chi connectivity index (χ4v) is 3.54. The lowest BCUT2D eigenvalue weighted by molar-refractivity contribution is -0.109. The molecule has 2 aliphatic rings. The molecule has 118 valence electrons. The first-order chi connectivity index (χ1) is 10.2. The number of rotatable bonds is 7. The SMILES string of the molecule is CC/C=C1/CCO/C1=C/CCCC1C[C@H](C)N(CC=O)C1. The minimum atomic E-state index is 0.566. The number of nitrogens with zero attached hydrogens (tertiary/aromatic N) is 1. The molecule has 2 rings (SSSR count). The summed E-state index contributed by atoms with van der Waals surface area (Å²) in [6, 6.07) is 0.566. The van der Waals surface area contributed by atoms with Crippen molar-refractivity contribution in [3.05, 3.63) is 23.5 Å². The number of carbonyl (C=O) groups is 1. The van der Waals surface area contributed by atoms with Crippen LogP contribution in [0.2, 0.25) is 0 Å². The molecule has 0 bridgehead atoms. The number of unbranched alkanes of at least 4 members (excludes halogenated alkanes) is 1. The van der Waals surface area contributed by atoms with Crippen LogP contribution in [-0.4, -0.2) is 36.9 Å². The summed E-state index contributed by atoms with van der Waals surface area (Å²) in [5.41, 5.74) is 1.39. The van der Waals surface area contributed by atoms with E-state index in [0.717, 1.165) is 50.4 Å². The van der Waals surface area contributed by atoms with E-state index in [4.69, 9.17) is 4.74 Å². The van der Waals surface area contributed by atoms with Gasteiger partial charge in [0.2, 0.25) is 0 Å². The number of ether oxygens (including phenoxy) is 1. The van der Waals surface area contributed by atoms with E-state index in [1.807, 2.05) is 0 Å². The maximum atomic E-state index is 10.6. The average Bonchev–Trinajstić information content (AvgIpc) is 3.04. The zero-order valence-electron chi connectivity index (χ0n) is 13.5. The Hall–Kier alpha value is -1.09. The Morgan fingerprint density at radius 2 is 2.24 bits per heavy atom. The van der Waals surface area contributed by atoms with Crippen LogP contribution in [0.1, 0.15) is 52.4 Å². The van der Waals surface area contributed by atoms with Crippen molar-refractivity contribution in [2.24, 2.45) is 5.92 Å². The molecule has 0 aromatic rings. The second-order valence-corrected chi connectivity index (χ2v) is 6.31. The zero-order chi connectivity index (χ0) is 15.1. The molecule has 2 heterocycles. The summed E-state index contributed by atoms with van der Waals surface area (Å²) in [5, 5.41) is 0. The van der Waals surface area contributed by atoms with Crippen LogP contribution < -0.4 is 0 Å². The Bertz CT molecular complexity index is 400. The number of aldehydes is 1. The van der Waals surface area contributed by atoms with E-state index in [9.17, 15) is 4.79 Å². The quantitative estimate of drug-likeness (QED) is 0.529. The fraction of sp³-hybridized carbons (Fsp3) is 0.722. The molecule has 0 aromatic carbocycles. The molecule has 2 aliphatic heterocycles. The largest absolute Gasteiger partial charge is 0.493 e. The molecule has 0 spiro atoms. The molecule has 2 atom stereocenters. The van der Waals surface area contributed by atoms with Gasteiger partial charge in [0.1, 0.15) is 12.0 Å². The summed E-state index contributed by atoms with van der Waals surface area (Å²) in [5.74, 6) is 1.88. The highest BCUT2D eigenvalue weighted by Gasteiger charge is 2.27. The second kappa shape index (κ2) is 8.38. The van der Waals surface area contributed by atoms with Gasteiger partial charge in [0.25, 0.3) is 0 Å². The van der Waals surface area contributed by atoms with Crippen LogP contribution in [0.3, 0.4) is 0 Å². The first-order valence-electron chi connectivity index (χ1n) is 8.44. The highest BCUT2D eigenvalue weighted by Crippen LogP contribution is 2.28. The summed E-state index contributed by atoms with van der Waals surface area (Å²) in [6.45, 7) is 6.95. The third-order valence-corrected chi connectivity index (χ3v) is 4.64. The molecule has 0 N–H and O–H groups in total. The maximum absolute atomic E-state index is 10.6. The molecule has 3 heteroatoms. The van der Waals surface area contributed by atoms with Crippen LogP contribution in [0.4, 0.5) is 0 Å². The van der Waals surface area contributed by atoms with E-state index in [2.05, 4.69) is 30.9 Å². The Kier molecular flexibility index (Phi) is 6.50. The fourth-order valence-electron chi connectivity index (χ4n) is 3.54. The number of hydrogen-bond donors (Lipinski definition) is 0. The van der Waals surface area contributed by atoms with E-state index in [0.29, 0.717) is 12.6 Å². The summed E-state index contributed by atoms with van der Waals surface area (Å²) in [6.07, 6.45) is 12.6. The molecule has 21 heavy (non-hydrogen) atoms. The van der Waals surface area contributed by atoms with Gasteiger partial charge in [0.15, 0.2) is 0 Å². The van der Waals surface area contributed by atoms with E-state index in [1.54, 1.807) is 0 Å². The third-order valence-electron chi connectivity index (χ3n) is 4.64. The monoisotopic (exact) mass is 291 g/mol. The smallest absolute Gasteiger partial charge is 0.133 e. The van der Waals surface area contributed by atoms with Crippen molar-refractivity contribution in [3.8, 4) is 0 Å². The lowest BCUT2D eigenvalue weighted by Gasteiger charge is -2.16. The molecular formula is C18H29NO2. The van der Waals surface area contributed by atoms with Crippen LogP contribution in [0.5, 0.6) is 0 Å². The molecule has 0 saturated carbocycles. The number of hydrogen-bond acceptors (Lipinski definition) is 3. The molecule has 0 radical (unpaired) electrons. The van der Waals surface area contributed by atoms with Crippen molar-refractivity contribution in [1.29, 1.82) is 0 Å². The number of allylic oxidation sites excluding steroid dienone is 3. The highest BCUT2D eigenvalue weighted by molar-refractivity contribution is 5.52. The van der Waals surface area contributed by atoms with Crippen LogP contribution in [-0.2, 0) is 9.53 Å². The lowest BCUT2D eigenvalue weighted by atomic mass is 9.99. The lowest BCUT2D eigenvalue weighted by Crippen LogP contribution is -2.28. The molecular weight excluding hydrogens is 262 g/mol. The van der Waals surface area contributed by atoms with E-state index in [1.165, 1.54) is 24.8 Å². The van der Waals surface area contributed by atoms with Crippen molar-refractivity contribution >= 4 is 6.29 Å². The van der Waals surface area contributed by atoms with Crippen LogP contribution >= 0.6 is 0 Å². The molecule has 0 amide bonds. The molecule has 2 saturated heterocycles. The van der Waals surface area contributed by atoms with Crippen molar-refractivity contribution in [2.45, 2.75) is 58.4 Å². The van der Waals surface area contributed by atoms with Gasteiger partial charge in [-0.05, 0) is 56.6 Å². The van der Waals surface area contributed by atoms with Crippen molar-refractivity contribution in [3.63, 3.8) is 0 Å². The third kappa shape index (κ3) is 4.70. The van der Waals surface area contributed by atoms with Gasteiger partial charge in [0.05, 0.1) is 13.2 Å². The van der Waals surface area contributed by atoms with Crippen molar-refractivity contribution in [1.82, 2.24) is 4.90 Å². The Balaban J connectivity index is 1.70. The maximum Gasteiger partial charge on any atom is 0.133 e. The molecule has 2 fully saturated rings. The molecule has 1 unspecified atom stereocenters. The van der Waals surface area contributed by atoms with Gasteiger partial charge in [-0.3, -0.25) is 4.90 Å². The zero-order valence-corrected chi connectivity index (χ0v) is 13.5. The molecule has 0 aliphatic carbocycles. The van der Waals surface area contributed by atoms with Gasteiger partial charge >= 0.3 is 0 Å². The Labute approximate surface area is 129 Å². The Morgan fingerprint density at radius 1 is 1.38 bits per heavy atom. The minimum Gasteiger partial charge on any atom is -0.493 e.